The first-order valence-electron chi connectivity index (χ1n) is 5.92. The van der Waals surface area contributed by atoms with Gasteiger partial charge in [0.2, 0.25) is 5.82 Å². The first kappa shape index (κ1) is 12.6. The van der Waals surface area contributed by atoms with E-state index in [4.69, 9.17) is 10.8 Å². The van der Waals surface area contributed by atoms with Gasteiger partial charge in [0.05, 0.1) is 4.92 Å². The lowest BCUT2D eigenvalue weighted by molar-refractivity contribution is -0.384. The van der Waals surface area contributed by atoms with Crippen molar-refractivity contribution in [1.29, 1.82) is 0 Å². The summed E-state index contributed by atoms with van der Waals surface area (Å²) in [6.07, 6.45) is 2.44. The van der Waals surface area contributed by atoms with Gasteiger partial charge >= 0.3 is 5.69 Å². The van der Waals surface area contributed by atoms with E-state index in [9.17, 15) is 10.1 Å². The number of nitro groups is 1. The smallest absolute Gasteiger partial charge is 0.311 e. The maximum atomic E-state index is 11.0. The van der Waals surface area contributed by atoms with Crippen LogP contribution in [-0.4, -0.2) is 34.2 Å². The molecule has 1 aliphatic heterocycles. The molecular weight excluding hydrogens is 236 g/mol. The van der Waals surface area contributed by atoms with Crippen LogP contribution in [0.2, 0.25) is 0 Å². The zero-order valence-electron chi connectivity index (χ0n) is 9.95. The topological polar surface area (TPSA) is 106 Å². The van der Waals surface area contributed by atoms with Crippen LogP contribution in [0.3, 0.4) is 0 Å². The van der Waals surface area contributed by atoms with E-state index in [0.717, 1.165) is 12.8 Å². The van der Waals surface area contributed by atoms with E-state index in [-0.39, 0.29) is 24.2 Å². The van der Waals surface area contributed by atoms with Crippen LogP contribution in [-0.2, 0) is 0 Å². The Morgan fingerprint density at radius 2 is 2.39 bits per heavy atom. The third kappa shape index (κ3) is 2.35. The highest BCUT2D eigenvalue weighted by molar-refractivity contribution is 5.62. The van der Waals surface area contributed by atoms with Crippen LogP contribution in [0.5, 0.6) is 0 Å². The van der Waals surface area contributed by atoms with Crippen LogP contribution in [0.4, 0.5) is 17.3 Å². The summed E-state index contributed by atoms with van der Waals surface area (Å²) >= 11 is 0. The van der Waals surface area contributed by atoms with Gasteiger partial charge in [-0.15, -0.1) is 0 Å². The molecule has 2 heterocycles. The Hall–Kier alpha value is -1.89. The average Bonchev–Trinajstić information content (AvgIpc) is 2.77. The zero-order valence-corrected chi connectivity index (χ0v) is 9.95. The van der Waals surface area contributed by atoms with Crippen molar-refractivity contribution in [3.63, 3.8) is 0 Å². The number of rotatable bonds is 4. The number of aliphatic hydroxyl groups is 1. The van der Waals surface area contributed by atoms with E-state index in [1.807, 2.05) is 4.90 Å². The minimum atomic E-state index is -0.448. The Labute approximate surface area is 104 Å². The number of anilines is 2. The first-order chi connectivity index (χ1) is 8.63. The highest BCUT2D eigenvalue weighted by Crippen LogP contribution is 2.33. The fourth-order valence-electron chi connectivity index (χ4n) is 2.37. The number of aromatic nitrogens is 1. The van der Waals surface area contributed by atoms with E-state index < -0.39 is 4.92 Å². The van der Waals surface area contributed by atoms with Crippen LogP contribution >= 0.6 is 0 Å². The molecule has 98 valence electrons. The molecule has 1 aromatic heterocycles. The molecule has 18 heavy (non-hydrogen) atoms. The molecule has 0 aromatic carbocycles. The summed E-state index contributed by atoms with van der Waals surface area (Å²) in [6.45, 7) is 0.777. The maximum Gasteiger partial charge on any atom is 0.311 e. The fourth-order valence-corrected chi connectivity index (χ4v) is 2.37. The summed E-state index contributed by atoms with van der Waals surface area (Å²) in [5.74, 6) is 0.584. The van der Waals surface area contributed by atoms with E-state index in [0.29, 0.717) is 18.8 Å². The Morgan fingerprint density at radius 1 is 1.61 bits per heavy atom. The van der Waals surface area contributed by atoms with E-state index in [1.54, 1.807) is 0 Å². The SMILES string of the molecule is Nc1ccc([N+](=O)[O-])c(N2CCCC2CCO)n1. The normalized spacial score (nSPS) is 19.2. The predicted octanol–water partition coefficient (Wildman–Crippen LogP) is 0.923. The molecule has 7 heteroatoms. The molecule has 1 fully saturated rings. The Balaban J connectivity index is 2.36. The third-order valence-corrected chi connectivity index (χ3v) is 3.18. The number of hydrogen-bond donors (Lipinski definition) is 2. The second-order valence-electron chi connectivity index (χ2n) is 4.34. The van der Waals surface area contributed by atoms with Crippen LogP contribution in [0.25, 0.3) is 0 Å². The molecule has 1 unspecified atom stereocenters. The van der Waals surface area contributed by atoms with Crippen LogP contribution < -0.4 is 10.6 Å². The van der Waals surface area contributed by atoms with Crippen molar-refractivity contribution in [2.24, 2.45) is 0 Å². The van der Waals surface area contributed by atoms with Gasteiger partial charge in [0, 0.05) is 25.3 Å². The van der Waals surface area contributed by atoms with E-state index in [1.165, 1.54) is 12.1 Å². The molecular formula is C11H16N4O3. The van der Waals surface area contributed by atoms with Gasteiger partial charge in [0.15, 0.2) is 0 Å². The third-order valence-electron chi connectivity index (χ3n) is 3.18. The minimum absolute atomic E-state index is 0.0333. The van der Waals surface area contributed by atoms with Crippen molar-refractivity contribution in [3.05, 3.63) is 22.2 Å². The summed E-state index contributed by atoms with van der Waals surface area (Å²) in [5.41, 5.74) is 5.57. The number of nitrogens with zero attached hydrogens (tertiary/aromatic N) is 3. The quantitative estimate of drug-likeness (QED) is 0.609. The lowest BCUT2D eigenvalue weighted by atomic mass is 10.1. The van der Waals surface area contributed by atoms with Gasteiger partial charge < -0.3 is 15.7 Å². The Bertz CT molecular complexity index is 452. The molecule has 1 aliphatic rings. The lowest BCUT2D eigenvalue weighted by Gasteiger charge is -2.24. The van der Waals surface area contributed by atoms with Gasteiger partial charge in [0.1, 0.15) is 5.82 Å². The number of pyridine rings is 1. The van der Waals surface area contributed by atoms with Crippen molar-refractivity contribution in [2.75, 3.05) is 23.8 Å². The summed E-state index contributed by atoms with van der Waals surface area (Å²) in [7, 11) is 0. The molecule has 0 bridgehead atoms. The molecule has 1 atom stereocenters. The molecule has 1 saturated heterocycles. The monoisotopic (exact) mass is 252 g/mol. The second kappa shape index (κ2) is 5.18. The molecule has 0 amide bonds. The Morgan fingerprint density at radius 3 is 3.06 bits per heavy atom. The lowest BCUT2D eigenvalue weighted by Crippen LogP contribution is -2.31. The van der Waals surface area contributed by atoms with Crippen LogP contribution in [0.15, 0.2) is 12.1 Å². The van der Waals surface area contributed by atoms with Crippen LogP contribution in [0.1, 0.15) is 19.3 Å². The zero-order chi connectivity index (χ0) is 13.1. The van der Waals surface area contributed by atoms with Crippen molar-refractivity contribution in [2.45, 2.75) is 25.3 Å². The van der Waals surface area contributed by atoms with Crippen molar-refractivity contribution in [3.8, 4) is 0 Å². The number of hydrogen-bond acceptors (Lipinski definition) is 6. The standard InChI is InChI=1S/C11H16N4O3/c12-10-4-3-9(15(17)18)11(13-10)14-6-1-2-8(14)5-7-16/h3-4,8,16H,1-2,5-7H2,(H2,12,13). The molecule has 7 nitrogen and oxygen atoms in total. The highest BCUT2D eigenvalue weighted by atomic mass is 16.6. The van der Waals surface area contributed by atoms with Gasteiger partial charge in [-0.2, -0.15) is 0 Å². The maximum absolute atomic E-state index is 11.0. The minimum Gasteiger partial charge on any atom is -0.396 e. The molecule has 3 N–H and O–H groups in total. The molecule has 0 radical (unpaired) electrons. The highest BCUT2D eigenvalue weighted by Gasteiger charge is 2.30. The van der Waals surface area contributed by atoms with Crippen molar-refractivity contribution < 1.29 is 10.0 Å². The molecule has 2 rings (SSSR count). The average molecular weight is 252 g/mol. The molecule has 0 aliphatic carbocycles. The number of nitrogen functional groups attached to an aromatic ring is 1. The van der Waals surface area contributed by atoms with E-state index in [2.05, 4.69) is 4.98 Å². The molecule has 0 saturated carbocycles. The van der Waals surface area contributed by atoms with Gasteiger partial charge in [-0.25, -0.2) is 4.98 Å². The summed E-state index contributed by atoms with van der Waals surface area (Å²) in [5, 5.41) is 20.0. The molecule has 1 aromatic rings. The van der Waals surface area contributed by atoms with Gasteiger partial charge in [-0.1, -0.05) is 0 Å². The molecule has 0 spiro atoms. The number of nitrogens with two attached hydrogens (primary N) is 1. The summed E-state index contributed by atoms with van der Waals surface area (Å²) in [4.78, 5) is 16.5. The fraction of sp³-hybridized carbons (Fsp3) is 0.545. The second-order valence-corrected chi connectivity index (χ2v) is 4.34. The van der Waals surface area contributed by atoms with Crippen LogP contribution in [0, 0.1) is 10.1 Å². The van der Waals surface area contributed by atoms with Gasteiger partial charge in [0.25, 0.3) is 0 Å². The predicted molar refractivity (Wildman–Crippen MR) is 67.4 cm³/mol. The van der Waals surface area contributed by atoms with Gasteiger partial charge in [-0.05, 0) is 25.3 Å². The summed E-state index contributed by atoms with van der Waals surface area (Å²) < 4.78 is 0. The van der Waals surface area contributed by atoms with Gasteiger partial charge in [-0.3, -0.25) is 10.1 Å². The Kier molecular flexibility index (Phi) is 3.61. The summed E-state index contributed by atoms with van der Waals surface area (Å²) in [6, 6.07) is 2.91. The number of aliphatic hydroxyl groups excluding tert-OH is 1. The largest absolute Gasteiger partial charge is 0.396 e. The van der Waals surface area contributed by atoms with E-state index >= 15 is 0 Å². The first-order valence-corrected chi connectivity index (χ1v) is 5.92. The van der Waals surface area contributed by atoms with Crippen molar-refractivity contribution in [1.82, 2.24) is 4.98 Å². The van der Waals surface area contributed by atoms with Crippen molar-refractivity contribution >= 4 is 17.3 Å².